The average molecular weight is 354 g/mol. The predicted octanol–water partition coefficient (Wildman–Crippen LogP) is 3.67. The number of rotatable bonds is 7. The Balaban J connectivity index is 2.19. The first-order chi connectivity index (χ1) is 10.8. The fourth-order valence-electron chi connectivity index (χ4n) is 2.54. The molecule has 1 aromatic heterocycles. The third kappa shape index (κ3) is 4.56. The van der Waals surface area contributed by atoms with Crippen molar-refractivity contribution >= 4 is 21.4 Å². The Morgan fingerprint density at radius 1 is 1.26 bits per heavy atom. The molecule has 0 unspecified atom stereocenters. The maximum absolute atomic E-state index is 12.6. The molecule has 0 fully saturated rings. The van der Waals surface area contributed by atoms with Crippen molar-refractivity contribution in [2.24, 2.45) is 0 Å². The van der Waals surface area contributed by atoms with E-state index in [1.54, 1.807) is 23.5 Å². The summed E-state index contributed by atoms with van der Waals surface area (Å²) in [6.07, 6.45) is 0.686. The van der Waals surface area contributed by atoms with E-state index in [2.05, 4.69) is 4.72 Å². The standard InChI is InChI=1S/C17H23NO3S2/c1-5-21-17-12(2)9-16(10-13(17)3)23(19,20)18-14(4)11-15-7-6-8-22-15/h6-10,14,18H,5,11H2,1-4H3/t14-/m1/s1. The van der Waals surface area contributed by atoms with Gasteiger partial charge in [-0.25, -0.2) is 13.1 Å². The van der Waals surface area contributed by atoms with Crippen LogP contribution in [-0.4, -0.2) is 21.1 Å². The van der Waals surface area contributed by atoms with Crippen LogP contribution in [0.15, 0.2) is 34.5 Å². The number of hydrogen-bond acceptors (Lipinski definition) is 4. The minimum Gasteiger partial charge on any atom is -0.493 e. The predicted molar refractivity (Wildman–Crippen MR) is 94.9 cm³/mol. The van der Waals surface area contributed by atoms with Crippen molar-refractivity contribution in [2.75, 3.05) is 6.61 Å². The van der Waals surface area contributed by atoms with Crippen LogP contribution in [0.2, 0.25) is 0 Å². The van der Waals surface area contributed by atoms with Crippen molar-refractivity contribution in [1.82, 2.24) is 4.72 Å². The third-order valence-electron chi connectivity index (χ3n) is 3.48. The minimum atomic E-state index is -3.54. The summed E-state index contributed by atoms with van der Waals surface area (Å²) >= 11 is 1.63. The number of hydrogen-bond donors (Lipinski definition) is 1. The van der Waals surface area contributed by atoms with E-state index in [1.165, 1.54) is 4.88 Å². The normalized spacial score (nSPS) is 13.0. The van der Waals surface area contributed by atoms with Crippen molar-refractivity contribution in [3.8, 4) is 5.75 Å². The van der Waals surface area contributed by atoms with Gasteiger partial charge >= 0.3 is 0 Å². The second kappa shape index (κ2) is 7.47. The molecule has 0 aliphatic heterocycles. The van der Waals surface area contributed by atoms with E-state index in [1.807, 2.05) is 45.2 Å². The van der Waals surface area contributed by atoms with Gasteiger partial charge < -0.3 is 4.74 Å². The summed E-state index contributed by atoms with van der Waals surface area (Å²) in [6, 6.07) is 7.16. The molecule has 2 rings (SSSR count). The summed E-state index contributed by atoms with van der Waals surface area (Å²) < 4.78 is 33.5. The van der Waals surface area contributed by atoms with E-state index in [0.29, 0.717) is 13.0 Å². The number of nitrogens with one attached hydrogen (secondary N) is 1. The summed E-state index contributed by atoms with van der Waals surface area (Å²) in [7, 11) is -3.54. The number of benzene rings is 1. The summed E-state index contributed by atoms with van der Waals surface area (Å²) in [5.74, 6) is 0.762. The van der Waals surface area contributed by atoms with Crippen LogP contribution in [0.3, 0.4) is 0 Å². The number of sulfonamides is 1. The zero-order valence-corrected chi connectivity index (χ0v) is 15.6. The smallest absolute Gasteiger partial charge is 0.240 e. The van der Waals surface area contributed by atoms with Gasteiger partial charge in [-0.1, -0.05) is 6.07 Å². The lowest BCUT2D eigenvalue weighted by atomic mass is 10.1. The van der Waals surface area contributed by atoms with Crippen molar-refractivity contribution < 1.29 is 13.2 Å². The quantitative estimate of drug-likeness (QED) is 0.826. The summed E-state index contributed by atoms with van der Waals surface area (Å²) in [5, 5.41) is 2.00. The van der Waals surface area contributed by atoms with E-state index in [0.717, 1.165) is 16.9 Å². The summed E-state index contributed by atoms with van der Waals surface area (Å²) in [5.41, 5.74) is 1.66. The molecule has 0 saturated carbocycles. The van der Waals surface area contributed by atoms with Crippen LogP contribution in [0, 0.1) is 13.8 Å². The number of aryl methyl sites for hydroxylation is 2. The third-order valence-corrected chi connectivity index (χ3v) is 5.94. The molecule has 0 aliphatic rings. The minimum absolute atomic E-state index is 0.161. The van der Waals surface area contributed by atoms with Gasteiger partial charge in [0.1, 0.15) is 5.75 Å². The Morgan fingerprint density at radius 2 is 1.91 bits per heavy atom. The topological polar surface area (TPSA) is 55.4 Å². The van der Waals surface area contributed by atoms with Gasteiger partial charge in [-0.2, -0.15) is 0 Å². The fourth-order valence-corrected chi connectivity index (χ4v) is 4.79. The molecule has 0 spiro atoms. The lowest BCUT2D eigenvalue weighted by molar-refractivity contribution is 0.335. The zero-order valence-electron chi connectivity index (χ0n) is 13.9. The fraction of sp³-hybridized carbons (Fsp3) is 0.412. The van der Waals surface area contributed by atoms with E-state index >= 15 is 0 Å². The molecule has 126 valence electrons. The molecule has 4 nitrogen and oxygen atoms in total. The molecular formula is C17H23NO3S2. The van der Waals surface area contributed by atoms with Crippen LogP contribution in [0.1, 0.15) is 29.9 Å². The van der Waals surface area contributed by atoms with Gasteiger partial charge in [0.2, 0.25) is 10.0 Å². The Hall–Kier alpha value is -1.37. The van der Waals surface area contributed by atoms with Gasteiger partial charge in [-0.3, -0.25) is 0 Å². The van der Waals surface area contributed by atoms with Gasteiger partial charge in [0, 0.05) is 10.9 Å². The average Bonchev–Trinajstić information content (AvgIpc) is 2.94. The highest BCUT2D eigenvalue weighted by molar-refractivity contribution is 7.89. The number of thiophene rings is 1. The van der Waals surface area contributed by atoms with E-state index < -0.39 is 10.0 Å². The molecule has 23 heavy (non-hydrogen) atoms. The van der Waals surface area contributed by atoms with E-state index in [9.17, 15) is 8.42 Å². The molecular weight excluding hydrogens is 330 g/mol. The molecule has 1 atom stereocenters. The molecule has 0 saturated heterocycles. The second-order valence-corrected chi connectivity index (χ2v) is 8.37. The Kier molecular flexibility index (Phi) is 5.84. The molecule has 0 aliphatic carbocycles. The van der Waals surface area contributed by atoms with Gasteiger partial charge in [0.05, 0.1) is 11.5 Å². The molecule has 0 radical (unpaired) electrons. The van der Waals surface area contributed by atoms with Gasteiger partial charge in [-0.05, 0) is 68.8 Å². The summed E-state index contributed by atoms with van der Waals surface area (Å²) in [4.78, 5) is 1.45. The van der Waals surface area contributed by atoms with Crippen LogP contribution in [0.4, 0.5) is 0 Å². The first kappa shape index (κ1) is 18.0. The lowest BCUT2D eigenvalue weighted by Gasteiger charge is -2.16. The van der Waals surface area contributed by atoms with E-state index in [4.69, 9.17) is 4.74 Å². The van der Waals surface area contributed by atoms with Gasteiger partial charge in [-0.15, -0.1) is 11.3 Å². The Morgan fingerprint density at radius 3 is 2.43 bits per heavy atom. The first-order valence-corrected chi connectivity index (χ1v) is 9.98. The van der Waals surface area contributed by atoms with Gasteiger partial charge in [0.15, 0.2) is 0 Å². The lowest BCUT2D eigenvalue weighted by Crippen LogP contribution is -2.34. The second-order valence-electron chi connectivity index (χ2n) is 5.63. The molecule has 0 amide bonds. The van der Waals surface area contributed by atoms with Crippen LogP contribution in [-0.2, 0) is 16.4 Å². The molecule has 6 heteroatoms. The molecule has 1 N–H and O–H groups in total. The molecule has 0 bridgehead atoms. The van der Waals surface area contributed by atoms with Crippen LogP contribution in [0.5, 0.6) is 5.75 Å². The van der Waals surface area contributed by atoms with Crippen LogP contribution in [0.25, 0.3) is 0 Å². The summed E-state index contributed by atoms with van der Waals surface area (Å²) in [6.45, 7) is 8.09. The number of ether oxygens (including phenoxy) is 1. The largest absolute Gasteiger partial charge is 0.493 e. The maximum atomic E-state index is 12.6. The molecule has 1 aromatic carbocycles. The first-order valence-electron chi connectivity index (χ1n) is 7.62. The highest BCUT2D eigenvalue weighted by Crippen LogP contribution is 2.27. The highest BCUT2D eigenvalue weighted by Gasteiger charge is 2.20. The maximum Gasteiger partial charge on any atom is 0.240 e. The van der Waals surface area contributed by atoms with Gasteiger partial charge in [0.25, 0.3) is 0 Å². The van der Waals surface area contributed by atoms with E-state index in [-0.39, 0.29) is 10.9 Å². The molecule has 1 heterocycles. The van der Waals surface area contributed by atoms with Crippen LogP contribution < -0.4 is 9.46 Å². The monoisotopic (exact) mass is 353 g/mol. The SMILES string of the molecule is CCOc1c(C)cc(S(=O)(=O)N[C@H](C)Cc2cccs2)cc1C. The molecule has 2 aromatic rings. The highest BCUT2D eigenvalue weighted by atomic mass is 32.2. The zero-order chi connectivity index (χ0) is 17.0. The van der Waals surface area contributed by atoms with Crippen molar-refractivity contribution in [2.45, 2.75) is 45.1 Å². The van der Waals surface area contributed by atoms with Crippen molar-refractivity contribution in [3.63, 3.8) is 0 Å². The van der Waals surface area contributed by atoms with Crippen LogP contribution >= 0.6 is 11.3 Å². The Labute approximate surface area is 142 Å². The van der Waals surface area contributed by atoms with Crippen molar-refractivity contribution in [1.29, 1.82) is 0 Å². The van der Waals surface area contributed by atoms with Crippen molar-refractivity contribution in [3.05, 3.63) is 45.6 Å². The Bertz CT molecular complexity index is 729.